The van der Waals surface area contributed by atoms with Gasteiger partial charge in [0.15, 0.2) is 41.0 Å². The van der Waals surface area contributed by atoms with Crippen LogP contribution in [0.1, 0.15) is 32.4 Å². The second-order valence-corrected chi connectivity index (χ2v) is 7.98. The Balaban J connectivity index is 1.78. The number of phenolic OH excluding ortho intramolecular Hbond substituents is 3. The fraction of sp³-hybridized carbons (Fsp3) is 0.391. The normalized spacial score (nSPS) is 24.7. The van der Waals surface area contributed by atoms with Crippen LogP contribution in [0.25, 0.3) is 0 Å². The summed E-state index contributed by atoms with van der Waals surface area (Å²) in [5.41, 5.74) is -0.190. The molecule has 194 valence electrons. The van der Waals surface area contributed by atoms with Crippen LogP contribution in [0.3, 0.4) is 0 Å². The zero-order valence-corrected chi connectivity index (χ0v) is 19.3. The van der Waals surface area contributed by atoms with E-state index in [0.29, 0.717) is 0 Å². The number of hydrogen-bond donors (Lipinski definition) is 5. The third-order valence-electron chi connectivity index (χ3n) is 6.01. The van der Waals surface area contributed by atoms with Crippen LogP contribution in [0.4, 0.5) is 0 Å². The lowest BCUT2D eigenvalue weighted by Gasteiger charge is -2.45. The lowest BCUT2D eigenvalue weighted by atomic mass is 9.85. The fourth-order valence-electron chi connectivity index (χ4n) is 4.30. The summed E-state index contributed by atoms with van der Waals surface area (Å²) in [6.07, 6.45) is -7.03. The topological polar surface area (TPSA) is 191 Å². The number of carbonyl (C=O) groups is 2. The van der Waals surface area contributed by atoms with Gasteiger partial charge < -0.3 is 54.0 Å². The number of carbonyl (C=O) groups excluding carboxylic acids is 2. The van der Waals surface area contributed by atoms with Crippen molar-refractivity contribution in [3.63, 3.8) is 0 Å². The minimum absolute atomic E-state index is 0.0114. The van der Waals surface area contributed by atoms with E-state index in [2.05, 4.69) is 0 Å². The molecule has 0 amide bonds. The summed E-state index contributed by atoms with van der Waals surface area (Å²) in [5, 5.41) is 49.6. The molecule has 1 fully saturated rings. The fourth-order valence-corrected chi connectivity index (χ4v) is 4.30. The molecule has 0 saturated carbocycles. The van der Waals surface area contributed by atoms with Crippen molar-refractivity contribution in [1.82, 2.24) is 0 Å². The zero-order valence-electron chi connectivity index (χ0n) is 19.3. The molecule has 0 unspecified atom stereocenters. The molecule has 0 aliphatic carbocycles. The summed E-state index contributed by atoms with van der Waals surface area (Å²) in [7, 11) is 4.06. The van der Waals surface area contributed by atoms with Gasteiger partial charge in [-0.25, -0.2) is 9.59 Å². The van der Waals surface area contributed by atoms with Crippen LogP contribution in [0, 0.1) is 0 Å². The smallest absolute Gasteiger partial charge is 0.339 e. The highest BCUT2D eigenvalue weighted by atomic mass is 16.6. The van der Waals surface area contributed by atoms with Crippen molar-refractivity contribution >= 4 is 11.9 Å². The first kappa shape index (κ1) is 25.2. The first-order chi connectivity index (χ1) is 17.2. The van der Waals surface area contributed by atoms with Crippen molar-refractivity contribution in [2.24, 2.45) is 0 Å². The Hall–Kier alpha value is -3.94. The Bertz CT molecular complexity index is 1170. The number of benzene rings is 2. The van der Waals surface area contributed by atoms with E-state index in [9.17, 15) is 35.1 Å². The van der Waals surface area contributed by atoms with Gasteiger partial charge in [0.1, 0.15) is 18.3 Å². The number of ether oxygens (including phenoxy) is 6. The van der Waals surface area contributed by atoms with Gasteiger partial charge in [-0.3, -0.25) is 0 Å². The molecule has 2 aliphatic rings. The average Bonchev–Trinajstić information content (AvgIpc) is 2.87. The van der Waals surface area contributed by atoms with Gasteiger partial charge in [0, 0.05) is 5.56 Å². The Kier molecular flexibility index (Phi) is 6.71. The number of esters is 2. The maximum atomic E-state index is 13.0. The lowest BCUT2D eigenvalue weighted by Crippen LogP contribution is -2.59. The second kappa shape index (κ2) is 9.60. The molecular weight excluding hydrogens is 484 g/mol. The van der Waals surface area contributed by atoms with Crippen LogP contribution in [0.5, 0.6) is 34.5 Å². The van der Waals surface area contributed by atoms with E-state index in [1.54, 1.807) is 0 Å². The van der Waals surface area contributed by atoms with Gasteiger partial charge in [0.25, 0.3) is 0 Å². The molecule has 5 atom stereocenters. The standard InChI is InChI=1S/C23H24O13/c1-31-12-6-9-14(18(33-3)17(12)32-2)19-21(36-23(9)30)20(16(28)13(7-24)34-19)35-22(29)8-4-10(25)15(27)11(26)5-8/h4-6,13,16,19-21,24-28H,7H2,1-3H3/t13-,16-,19+,20+,21+/m1/s1. The predicted molar refractivity (Wildman–Crippen MR) is 117 cm³/mol. The molecule has 1 saturated heterocycles. The molecule has 13 nitrogen and oxygen atoms in total. The second-order valence-electron chi connectivity index (χ2n) is 7.98. The molecule has 0 bridgehead atoms. The van der Waals surface area contributed by atoms with Crippen molar-refractivity contribution in [1.29, 1.82) is 0 Å². The molecule has 4 rings (SSSR count). The van der Waals surface area contributed by atoms with Crippen molar-refractivity contribution in [2.75, 3.05) is 27.9 Å². The summed E-state index contributed by atoms with van der Waals surface area (Å²) >= 11 is 0. The summed E-state index contributed by atoms with van der Waals surface area (Å²) in [4.78, 5) is 25.8. The largest absolute Gasteiger partial charge is 0.504 e. The predicted octanol–water partition coefficient (Wildman–Crippen LogP) is 0.387. The Morgan fingerprint density at radius 1 is 1.00 bits per heavy atom. The number of hydrogen-bond acceptors (Lipinski definition) is 13. The van der Waals surface area contributed by atoms with Gasteiger partial charge >= 0.3 is 11.9 Å². The van der Waals surface area contributed by atoms with Crippen LogP contribution < -0.4 is 14.2 Å². The summed E-state index contributed by atoms with van der Waals surface area (Å²) in [5.74, 6) is -4.02. The summed E-state index contributed by atoms with van der Waals surface area (Å²) < 4.78 is 32.9. The number of aromatic hydroxyl groups is 3. The lowest BCUT2D eigenvalue weighted by molar-refractivity contribution is -0.235. The third kappa shape index (κ3) is 3.96. The van der Waals surface area contributed by atoms with E-state index < -0.39 is 66.3 Å². The van der Waals surface area contributed by atoms with Gasteiger partial charge in [0.05, 0.1) is 39.1 Å². The van der Waals surface area contributed by atoms with Gasteiger partial charge in [-0.2, -0.15) is 0 Å². The van der Waals surface area contributed by atoms with E-state index in [4.69, 9.17) is 28.4 Å². The molecule has 0 aromatic heterocycles. The average molecular weight is 508 g/mol. The Morgan fingerprint density at radius 3 is 2.19 bits per heavy atom. The molecule has 0 radical (unpaired) electrons. The van der Waals surface area contributed by atoms with Crippen LogP contribution in [0.2, 0.25) is 0 Å². The highest BCUT2D eigenvalue weighted by Crippen LogP contribution is 2.51. The molecule has 2 aromatic carbocycles. The summed E-state index contributed by atoms with van der Waals surface area (Å²) in [6, 6.07) is 3.04. The SMILES string of the molecule is COc1cc2c(c(OC)c1OC)[C@@H]1O[C@H](CO)[C@@H](O)[C@H](OC(=O)c3cc(O)c(O)c(O)c3)[C@H]1OC2=O. The molecule has 5 N–H and O–H groups in total. The van der Waals surface area contributed by atoms with E-state index in [-0.39, 0.29) is 33.9 Å². The maximum Gasteiger partial charge on any atom is 0.339 e. The number of fused-ring (bicyclic) bond motifs is 3. The highest BCUT2D eigenvalue weighted by Gasteiger charge is 2.54. The molecule has 2 aliphatic heterocycles. The van der Waals surface area contributed by atoms with E-state index >= 15 is 0 Å². The van der Waals surface area contributed by atoms with Crippen molar-refractivity contribution in [2.45, 2.75) is 30.5 Å². The molecule has 0 spiro atoms. The molecule has 2 heterocycles. The number of methoxy groups -OCH3 is 3. The zero-order chi connectivity index (χ0) is 26.3. The molecule has 2 aromatic rings. The van der Waals surface area contributed by atoms with Gasteiger partial charge in [-0.1, -0.05) is 0 Å². The van der Waals surface area contributed by atoms with Gasteiger partial charge in [0.2, 0.25) is 5.75 Å². The minimum Gasteiger partial charge on any atom is -0.504 e. The van der Waals surface area contributed by atoms with Crippen LogP contribution >= 0.6 is 0 Å². The number of aliphatic hydroxyl groups is 2. The van der Waals surface area contributed by atoms with Crippen molar-refractivity contribution in [3.8, 4) is 34.5 Å². The molecule has 13 heteroatoms. The first-order valence-corrected chi connectivity index (χ1v) is 10.6. The maximum absolute atomic E-state index is 13.0. The first-order valence-electron chi connectivity index (χ1n) is 10.6. The van der Waals surface area contributed by atoms with E-state index in [1.165, 1.54) is 27.4 Å². The van der Waals surface area contributed by atoms with E-state index in [0.717, 1.165) is 12.1 Å². The third-order valence-corrected chi connectivity index (χ3v) is 6.01. The molecular formula is C23H24O13. The highest BCUT2D eigenvalue weighted by molar-refractivity contribution is 5.95. The number of aliphatic hydroxyl groups excluding tert-OH is 2. The quantitative estimate of drug-likeness (QED) is 0.266. The van der Waals surface area contributed by atoms with E-state index in [1.807, 2.05) is 0 Å². The Morgan fingerprint density at radius 2 is 1.64 bits per heavy atom. The van der Waals surface area contributed by atoms with Gasteiger partial charge in [-0.05, 0) is 18.2 Å². The monoisotopic (exact) mass is 508 g/mol. The van der Waals surface area contributed by atoms with Gasteiger partial charge in [-0.15, -0.1) is 0 Å². The van der Waals surface area contributed by atoms with Crippen molar-refractivity contribution < 1.29 is 63.5 Å². The van der Waals surface area contributed by atoms with Crippen LogP contribution in [-0.2, 0) is 14.2 Å². The number of phenols is 3. The Labute approximate surface area is 203 Å². The van der Waals surface area contributed by atoms with Crippen LogP contribution in [-0.4, -0.2) is 89.8 Å². The van der Waals surface area contributed by atoms with Crippen LogP contribution in [0.15, 0.2) is 18.2 Å². The number of rotatable bonds is 6. The molecule has 36 heavy (non-hydrogen) atoms. The van der Waals surface area contributed by atoms with Crippen molar-refractivity contribution in [3.05, 3.63) is 34.9 Å². The summed E-state index contributed by atoms with van der Waals surface area (Å²) in [6.45, 7) is -0.682. The minimum atomic E-state index is -1.64.